The van der Waals surface area contributed by atoms with Crippen LogP contribution in [0, 0.1) is 5.92 Å². The Balaban J connectivity index is 2.22. The van der Waals surface area contributed by atoms with Crippen molar-refractivity contribution in [2.24, 2.45) is 11.7 Å². The van der Waals surface area contributed by atoms with Gasteiger partial charge in [-0.2, -0.15) is 0 Å². The van der Waals surface area contributed by atoms with Crippen molar-refractivity contribution in [3.05, 3.63) is 0 Å². The highest BCUT2D eigenvalue weighted by molar-refractivity contribution is 5.76. The third kappa shape index (κ3) is 4.18. The van der Waals surface area contributed by atoms with Gasteiger partial charge in [-0.1, -0.05) is 13.8 Å². The molecular weight excluding hydrogens is 192 g/mol. The summed E-state index contributed by atoms with van der Waals surface area (Å²) in [6.45, 7) is 6.98. The van der Waals surface area contributed by atoms with Crippen LogP contribution >= 0.6 is 0 Å². The van der Waals surface area contributed by atoms with Crippen molar-refractivity contribution in [2.45, 2.75) is 32.7 Å². The molecule has 1 aliphatic rings. The molecule has 1 fully saturated rings. The van der Waals surface area contributed by atoms with Crippen LogP contribution < -0.4 is 5.73 Å². The van der Waals surface area contributed by atoms with Gasteiger partial charge in [0.15, 0.2) is 0 Å². The monoisotopic (exact) mass is 214 g/mol. The highest BCUT2D eigenvalue weighted by Gasteiger charge is 2.18. The molecule has 0 aromatic heterocycles. The van der Waals surface area contributed by atoms with E-state index in [2.05, 4.69) is 13.8 Å². The first-order valence-corrected chi connectivity index (χ1v) is 5.72. The van der Waals surface area contributed by atoms with Crippen molar-refractivity contribution in [3.63, 3.8) is 0 Å². The van der Waals surface area contributed by atoms with E-state index in [1.54, 1.807) is 0 Å². The lowest BCUT2D eigenvalue weighted by atomic mass is 10.00. The number of nitrogens with two attached hydrogens (primary N) is 1. The molecule has 1 amide bonds. The Morgan fingerprint density at radius 1 is 1.40 bits per heavy atom. The van der Waals surface area contributed by atoms with Gasteiger partial charge in [0, 0.05) is 25.6 Å². The summed E-state index contributed by atoms with van der Waals surface area (Å²) in [5.74, 6) is 0.664. The Morgan fingerprint density at radius 3 is 2.53 bits per heavy atom. The third-order valence-corrected chi connectivity index (χ3v) is 2.91. The maximum absolute atomic E-state index is 11.7. The first-order valence-electron chi connectivity index (χ1n) is 5.72. The molecule has 1 rings (SSSR count). The van der Waals surface area contributed by atoms with Gasteiger partial charge in [-0.15, -0.1) is 0 Å². The van der Waals surface area contributed by atoms with Crippen molar-refractivity contribution in [2.75, 3.05) is 26.3 Å². The predicted molar refractivity (Wildman–Crippen MR) is 59.4 cm³/mol. The maximum atomic E-state index is 11.7. The van der Waals surface area contributed by atoms with Gasteiger partial charge in [0.25, 0.3) is 0 Å². The van der Waals surface area contributed by atoms with Crippen molar-refractivity contribution < 1.29 is 9.53 Å². The molecule has 1 aliphatic heterocycles. The molecule has 88 valence electrons. The second kappa shape index (κ2) is 6.08. The van der Waals surface area contributed by atoms with Gasteiger partial charge in [0.05, 0.1) is 13.2 Å². The molecule has 0 aliphatic carbocycles. The summed E-state index contributed by atoms with van der Waals surface area (Å²) in [6, 6.07) is 0.134. The number of hydrogen-bond acceptors (Lipinski definition) is 3. The van der Waals surface area contributed by atoms with E-state index in [0.29, 0.717) is 25.6 Å². The molecule has 4 nitrogen and oxygen atoms in total. The Kier molecular flexibility index (Phi) is 5.05. The lowest BCUT2D eigenvalue weighted by Crippen LogP contribution is -2.41. The van der Waals surface area contributed by atoms with Crippen LogP contribution in [0.4, 0.5) is 0 Å². The minimum Gasteiger partial charge on any atom is -0.378 e. The van der Waals surface area contributed by atoms with Crippen molar-refractivity contribution in [3.8, 4) is 0 Å². The number of carbonyl (C=O) groups excluding carboxylic acids is 1. The zero-order valence-corrected chi connectivity index (χ0v) is 9.74. The van der Waals surface area contributed by atoms with E-state index >= 15 is 0 Å². The SMILES string of the molecule is CC(C)C(N)CCC(=O)N1CCOCC1. The summed E-state index contributed by atoms with van der Waals surface area (Å²) in [5.41, 5.74) is 5.90. The molecule has 0 spiro atoms. The smallest absolute Gasteiger partial charge is 0.222 e. The van der Waals surface area contributed by atoms with E-state index in [4.69, 9.17) is 10.5 Å². The van der Waals surface area contributed by atoms with Crippen LogP contribution in [-0.4, -0.2) is 43.2 Å². The zero-order valence-electron chi connectivity index (χ0n) is 9.74. The van der Waals surface area contributed by atoms with Gasteiger partial charge < -0.3 is 15.4 Å². The number of carbonyl (C=O) groups is 1. The lowest BCUT2D eigenvalue weighted by molar-refractivity contribution is -0.135. The molecule has 4 heteroatoms. The second-order valence-electron chi connectivity index (χ2n) is 4.44. The quantitative estimate of drug-likeness (QED) is 0.746. The minimum absolute atomic E-state index is 0.134. The molecule has 0 aromatic carbocycles. The van der Waals surface area contributed by atoms with Crippen LogP contribution in [0.15, 0.2) is 0 Å². The molecule has 0 radical (unpaired) electrons. The van der Waals surface area contributed by atoms with Gasteiger partial charge in [-0.3, -0.25) is 4.79 Å². The average molecular weight is 214 g/mol. The largest absolute Gasteiger partial charge is 0.378 e. The van der Waals surface area contributed by atoms with Crippen LogP contribution in [0.3, 0.4) is 0 Å². The Labute approximate surface area is 91.8 Å². The molecule has 1 atom stereocenters. The molecular formula is C11H22N2O2. The third-order valence-electron chi connectivity index (χ3n) is 2.91. The van der Waals surface area contributed by atoms with E-state index in [0.717, 1.165) is 19.5 Å². The van der Waals surface area contributed by atoms with Crippen LogP contribution in [0.1, 0.15) is 26.7 Å². The van der Waals surface area contributed by atoms with E-state index in [-0.39, 0.29) is 11.9 Å². The van der Waals surface area contributed by atoms with Crippen molar-refractivity contribution in [1.29, 1.82) is 0 Å². The summed E-state index contributed by atoms with van der Waals surface area (Å²) >= 11 is 0. The van der Waals surface area contributed by atoms with Gasteiger partial charge in [-0.05, 0) is 12.3 Å². The van der Waals surface area contributed by atoms with E-state index in [9.17, 15) is 4.79 Å². The summed E-state index contributed by atoms with van der Waals surface area (Å²) in [6.07, 6.45) is 1.35. The Bertz CT molecular complexity index is 201. The zero-order chi connectivity index (χ0) is 11.3. The number of hydrogen-bond donors (Lipinski definition) is 1. The van der Waals surface area contributed by atoms with E-state index < -0.39 is 0 Å². The van der Waals surface area contributed by atoms with E-state index in [1.165, 1.54) is 0 Å². The maximum Gasteiger partial charge on any atom is 0.222 e. The van der Waals surface area contributed by atoms with Gasteiger partial charge in [0.2, 0.25) is 5.91 Å². The summed E-state index contributed by atoms with van der Waals surface area (Å²) < 4.78 is 5.20. The number of rotatable bonds is 4. The normalized spacial score (nSPS) is 19.3. The topological polar surface area (TPSA) is 55.6 Å². The highest BCUT2D eigenvalue weighted by Crippen LogP contribution is 2.08. The summed E-state index contributed by atoms with van der Waals surface area (Å²) in [5, 5.41) is 0. The van der Waals surface area contributed by atoms with Crippen molar-refractivity contribution >= 4 is 5.91 Å². The standard InChI is InChI=1S/C11H22N2O2/c1-9(2)10(12)3-4-11(14)13-5-7-15-8-6-13/h9-10H,3-8,12H2,1-2H3. The molecule has 1 heterocycles. The molecule has 1 saturated heterocycles. The van der Waals surface area contributed by atoms with Crippen LogP contribution in [0.5, 0.6) is 0 Å². The summed E-state index contributed by atoms with van der Waals surface area (Å²) in [7, 11) is 0. The summed E-state index contributed by atoms with van der Waals surface area (Å²) in [4.78, 5) is 13.6. The predicted octanol–water partition coefficient (Wildman–Crippen LogP) is 0.609. The lowest BCUT2D eigenvalue weighted by Gasteiger charge is -2.27. The first kappa shape index (κ1) is 12.5. The molecule has 0 saturated carbocycles. The molecule has 2 N–H and O–H groups in total. The molecule has 0 bridgehead atoms. The molecule has 15 heavy (non-hydrogen) atoms. The fourth-order valence-electron chi connectivity index (χ4n) is 1.59. The highest BCUT2D eigenvalue weighted by atomic mass is 16.5. The fraction of sp³-hybridized carbons (Fsp3) is 0.909. The number of morpholine rings is 1. The average Bonchev–Trinajstić information content (AvgIpc) is 2.26. The van der Waals surface area contributed by atoms with Crippen LogP contribution in [-0.2, 0) is 9.53 Å². The van der Waals surface area contributed by atoms with Gasteiger partial charge >= 0.3 is 0 Å². The van der Waals surface area contributed by atoms with Gasteiger partial charge in [-0.25, -0.2) is 0 Å². The Hall–Kier alpha value is -0.610. The van der Waals surface area contributed by atoms with Crippen LogP contribution in [0.2, 0.25) is 0 Å². The Morgan fingerprint density at radius 2 is 2.00 bits per heavy atom. The van der Waals surface area contributed by atoms with E-state index in [1.807, 2.05) is 4.90 Å². The molecule has 1 unspecified atom stereocenters. The fourth-order valence-corrected chi connectivity index (χ4v) is 1.59. The van der Waals surface area contributed by atoms with Gasteiger partial charge in [0.1, 0.15) is 0 Å². The number of ether oxygens (including phenoxy) is 1. The first-order chi connectivity index (χ1) is 7.11. The second-order valence-corrected chi connectivity index (χ2v) is 4.44. The minimum atomic E-state index is 0.134. The number of amides is 1. The number of nitrogens with zero attached hydrogens (tertiary/aromatic N) is 1. The van der Waals surface area contributed by atoms with Crippen molar-refractivity contribution in [1.82, 2.24) is 4.90 Å². The molecule has 0 aromatic rings. The van der Waals surface area contributed by atoms with Crippen LogP contribution in [0.25, 0.3) is 0 Å².